The molecule has 0 saturated heterocycles. The van der Waals surface area contributed by atoms with Gasteiger partial charge in [-0.3, -0.25) is 4.79 Å². The first-order chi connectivity index (χ1) is 11.7. The summed E-state index contributed by atoms with van der Waals surface area (Å²) in [6.07, 6.45) is 1.37. The number of nitrogens with one attached hydrogen (secondary N) is 1. The van der Waals surface area contributed by atoms with Crippen LogP contribution in [0, 0.1) is 0 Å². The van der Waals surface area contributed by atoms with E-state index >= 15 is 0 Å². The monoisotopic (exact) mass is 326 g/mol. The molecule has 4 nitrogen and oxygen atoms in total. The molecule has 0 radical (unpaired) electrons. The van der Waals surface area contributed by atoms with E-state index in [0.717, 1.165) is 17.5 Å². The fraction of sp³-hybridized carbons (Fsp3) is 0.350. The number of ether oxygens (including phenoxy) is 1. The van der Waals surface area contributed by atoms with Gasteiger partial charge in [-0.1, -0.05) is 60.7 Å². The van der Waals surface area contributed by atoms with Gasteiger partial charge >= 0.3 is 0 Å². The van der Waals surface area contributed by atoms with Gasteiger partial charge in [-0.25, -0.2) is 0 Å². The second-order valence-corrected chi connectivity index (χ2v) is 5.86. The Labute approximate surface area is 144 Å². The highest BCUT2D eigenvalue weighted by Crippen LogP contribution is 2.15. The zero-order valence-electron chi connectivity index (χ0n) is 14.2. The zero-order chi connectivity index (χ0) is 17.2. The van der Waals surface area contributed by atoms with Gasteiger partial charge in [0, 0.05) is 13.2 Å². The van der Waals surface area contributed by atoms with Crippen LogP contribution >= 0.6 is 0 Å². The third-order valence-corrected chi connectivity index (χ3v) is 3.89. The number of hydrogen-bond acceptors (Lipinski definition) is 3. The van der Waals surface area contributed by atoms with E-state index in [1.165, 1.54) is 0 Å². The van der Waals surface area contributed by atoms with E-state index in [-0.39, 0.29) is 12.0 Å². The fourth-order valence-corrected chi connectivity index (χ4v) is 2.46. The maximum absolute atomic E-state index is 12.0. The molecule has 0 spiro atoms. The van der Waals surface area contributed by atoms with Crippen molar-refractivity contribution in [1.82, 2.24) is 5.32 Å². The molecule has 0 aliphatic heterocycles. The maximum Gasteiger partial charge on any atom is 0.237 e. The second-order valence-electron chi connectivity index (χ2n) is 5.86. The first-order valence-electron chi connectivity index (χ1n) is 8.40. The van der Waals surface area contributed by atoms with Crippen molar-refractivity contribution in [3.8, 4) is 0 Å². The van der Waals surface area contributed by atoms with Gasteiger partial charge in [0.05, 0.1) is 12.1 Å². The van der Waals surface area contributed by atoms with Crippen molar-refractivity contribution < 1.29 is 9.53 Å². The lowest BCUT2D eigenvalue weighted by atomic mass is 10.1. The summed E-state index contributed by atoms with van der Waals surface area (Å²) >= 11 is 0. The molecule has 0 bridgehead atoms. The van der Waals surface area contributed by atoms with Crippen LogP contribution in [-0.2, 0) is 16.0 Å². The molecule has 4 heteroatoms. The van der Waals surface area contributed by atoms with E-state index in [9.17, 15) is 4.79 Å². The average molecular weight is 326 g/mol. The largest absolute Gasteiger partial charge is 0.374 e. The van der Waals surface area contributed by atoms with Crippen LogP contribution in [0.5, 0.6) is 0 Å². The van der Waals surface area contributed by atoms with Crippen LogP contribution in [0.15, 0.2) is 60.7 Å². The molecule has 0 aliphatic rings. The van der Waals surface area contributed by atoms with Crippen LogP contribution in [0.3, 0.4) is 0 Å². The van der Waals surface area contributed by atoms with E-state index in [2.05, 4.69) is 17.4 Å². The first kappa shape index (κ1) is 18.2. The van der Waals surface area contributed by atoms with Gasteiger partial charge in [-0.15, -0.1) is 0 Å². The van der Waals surface area contributed by atoms with Crippen molar-refractivity contribution in [3.63, 3.8) is 0 Å². The Morgan fingerprint density at radius 1 is 1.08 bits per heavy atom. The van der Waals surface area contributed by atoms with Gasteiger partial charge in [0.2, 0.25) is 5.91 Å². The number of hydrogen-bond donors (Lipinski definition) is 2. The van der Waals surface area contributed by atoms with E-state index in [1.807, 2.05) is 55.5 Å². The number of benzene rings is 2. The number of carbonyl (C=O) groups is 1. The molecule has 0 saturated carbocycles. The quantitative estimate of drug-likeness (QED) is 0.697. The number of amides is 1. The molecule has 2 aromatic rings. The zero-order valence-corrected chi connectivity index (χ0v) is 14.2. The summed E-state index contributed by atoms with van der Waals surface area (Å²) in [7, 11) is 0. The van der Waals surface area contributed by atoms with E-state index < -0.39 is 6.04 Å². The Hall–Kier alpha value is -2.17. The van der Waals surface area contributed by atoms with E-state index in [1.54, 1.807) is 0 Å². The predicted molar refractivity (Wildman–Crippen MR) is 96.6 cm³/mol. The molecule has 2 rings (SSSR count). The van der Waals surface area contributed by atoms with Gasteiger partial charge in [0.25, 0.3) is 0 Å². The maximum atomic E-state index is 12.0. The lowest BCUT2D eigenvalue weighted by molar-refractivity contribution is -0.122. The Kier molecular flexibility index (Phi) is 7.46. The molecule has 0 fully saturated rings. The minimum absolute atomic E-state index is 0.0576. The molecule has 24 heavy (non-hydrogen) atoms. The molecule has 0 heterocycles. The third-order valence-electron chi connectivity index (χ3n) is 3.89. The van der Waals surface area contributed by atoms with Gasteiger partial charge in [-0.05, 0) is 30.9 Å². The molecular formula is C20H26N2O2. The van der Waals surface area contributed by atoms with Crippen molar-refractivity contribution in [2.45, 2.75) is 31.9 Å². The highest BCUT2D eigenvalue weighted by atomic mass is 16.5. The molecule has 2 atom stereocenters. The molecule has 3 N–H and O–H groups in total. The molecule has 0 aliphatic carbocycles. The fourth-order valence-electron chi connectivity index (χ4n) is 2.46. The summed E-state index contributed by atoms with van der Waals surface area (Å²) in [5, 5.41) is 2.87. The molecule has 128 valence electrons. The van der Waals surface area contributed by atoms with E-state index in [4.69, 9.17) is 10.5 Å². The van der Waals surface area contributed by atoms with E-state index in [0.29, 0.717) is 19.6 Å². The van der Waals surface area contributed by atoms with Crippen LogP contribution in [0.4, 0.5) is 0 Å². The Morgan fingerprint density at radius 3 is 2.38 bits per heavy atom. The smallest absolute Gasteiger partial charge is 0.237 e. The summed E-state index contributed by atoms with van der Waals surface area (Å²) < 4.78 is 5.78. The van der Waals surface area contributed by atoms with Gasteiger partial charge < -0.3 is 15.8 Å². The van der Waals surface area contributed by atoms with Crippen molar-refractivity contribution in [1.29, 1.82) is 0 Å². The Balaban J connectivity index is 1.60. The van der Waals surface area contributed by atoms with Crippen LogP contribution in [0.2, 0.25) is 0 Å². The lowest BCUT2D eigenvalue weighted by Gasteiger charge is -2.15. The van der Waals surface area contributed by atoms with Crippen LogP contribution in [0.25, 0.3) is 0 Å². The lowest BCUT2D eigenvalue weighted by Crippen LogP contribution is -2.42. The molecule has 1 amide bonds. The normalized spacial score (nSPS) is 13.2. The summed E-state index contributed by atoms with van der Waals surface area (Å²) in [5.41, 5.74) is 8.17. The second kappa shape index (κ2) is 9.85. The van der Waals surface area contributed by atoms with Crippen molar-refractivity contribution in [2.75, 3.05) is 13.2 Å². The summed E-state index contributed by atoms with van der Waals surface area (Å²) in [6, 6.07) is 19.4. The minimum Gasteiger partial charge on any atom is -0.374 e. The topological polar surface area (TPSA) is 64.3 Å². The SMILES string of the molecule is CC(OCCCNC(=O)C(N)Cc1ccccc1)c1ccccc1. The Morgan fingerprint density at radius 2 is 1.71 bits per heavy atom. The van der Waals surface area contributed by atoms with Crippen molar-refractivity contribution in [2.24, 2.45) is 5.73 Å². The predicted octanol–water partition coefficient (Wildman–Crippen LogP) is 2.84. The van der Waals surface area contributed by atoms with Gasteiger partial charge in [-0.2, -0.15) is 0 Å². The van der Waals surface area contributed by atoms with Crippen molar-refractivity contribution in [3.05, 3.63) is 71.8 Å². The third kappa shape index (κ3) is 6.14. The Bertz CT molecular complexity index is 602. The number of carbonyl (C=O) groups excluding carboxylic acids is 1. The van der Waals surface area contributed by atoms with Crippen molar-refractivity contribution >= 4 is 5.91 Å². The van der Waals surface area contributed by atoms with Gasteiger partial charge in [0.15, 0.2) is 0 Å². The number of rotatable bonds is 9. The number of nitrogens with two attached hydrogens (primary N) is 1. The summed E-state index contributed by atoms with van der Waals surface area (Å²) in [5.74, 6) is -0.116. The molecule has 2 aromatic carbocycles. The first-order valence-corrected chi connectivity index (χ1v) is 8.40. The summed E-state index contributed by atoms with van der Waals surface area (Å²) in [6.45, 7) is 3.21. The van der Waals surface area contributed by atoms with Crippen LogP contribution in [-0.4, -0.2) is 25.1 Å². The average Bonchev–Trinajstić information content (AvgIpc) is 2.62. The highest BCUT2D eigenvalue weighted by Gasteiger charge is 2.13. The van der Waals surface area contributed by atoms with Crippen LogP contribution in [0.1, 0.15) is 30.6 Å². The molecule has 2 unspecified atom stereocenters. The standard InChI is InChI=1S/C20H26N2O2/c1-16(18-11-6-3-7-12-18)24-14-8-13-22-20(23)19(21)15-17-9-4-2-5-10-17/h2-7,9-12,16,19H,8,13-15,21H2,1H3,(H,22,23). The molecular weight excluding hydrogens is 300 g/mol. The minimum atomic E-state index is -0.517. The van der Waals surface area contributed by atoms with Crippen LogP contribution < -0.4 is 11.1 Å². The molecule has 0 aromatic heterocycles. The highest BCUT2D eigenvalue weighted by molar-refractivity contribution is 5.81. The summed E-state index contributed by atoms with van der Waals surface area (Å²) in [4.78, 5) is 12.0. The van der Waals surface area contributed by atoms with Gasteiger partial charge in [0.1, 0.15) is 0 Å².